The SMILES string of the molecule is COC(C)(C)C(N)C1CCOC2(CCSC2)C1. The summed E-state index contributed by atoms with van der Waals surface area (Å²) < 4.78 is 11.6. The molecule has 0 saturated carbocycles. The summed E-state index contributed by atoms with van der Waals surface area (Å²) in [6.45, 7) is 5.03. The van der Waals surface area contributed by atoms with E-state index in [2.05, 4.69) is 13.8 Å². The predicted molar refractivity (Wildman–Crippen MR) is 72.4 cm³/mol. The highest BCUT2D eigenvalue weighted by Crippen LogP contribution is 2.42. The van der Waals surface area contributed by atoms with Crippen LogP contribution in [0.1, 0.15) is 33.1 Å². The van der Waals surface area contributed by atoms with E-state index >= 15 is 0 Å². The van der Waals surface area contributed by atoms with E-state index in [0.717, 1.165) is 25.2 Å². The highest BCUT2D eigenvalue weighted by Gasteiger charge is 2.44. The molecule has 3 atom stereocenters. The summed E-state index contributed by atoms with van der Waals surface area (Å²) >= 11 is 2.01. The quantitative estimate of drug-likeness (QED) is 0.842. The summed E-state index contributed by atoms with van der Waals surface area (Å²) in [4.78, 5) is 0. The topological polar surface area (TPSA) is 44.5 Å². The molecule has 2 rings (SSSR count). The first-order valence-corrected chi connectivity index (χ1v) is 7.67. The zero-order valence-corrected chi connectivity index (χ0v) is 12.0. The summed E-state index contributed by atoms with van der Waals surface area (Å²) in [6.07, 6.45) is 3.36. The van der Waals surface area contributed by atoms with Crippen LogP contribution >= 0.6 is 11.8 Å². The number of hydrogen-bond acceptors (Lipinski definition) is 4. The van der Waals surface area contributed by atoms with E-state index in [1.54, 1.807) is 7.11 Å². The number of ether oxygens (including phenoxy) is 2. The van der Waals surface area contributed by atoms with Crippen molar-refractivity contribution in [3.8, 4) is 0 Å². The molecule has 0 aromatic rings. The average Bonchev–Trinajstić information content (AvgIpc) is 2.76. The second kappa shape index (κ2) is 5.08. The van der Waals surface area contributed by atoms with Gasteiger partial charge in [-0.15, -0.1) is 0 Å². The van der Waals surface area contributed by atoms with Crippen LogP contribution in [-0.4, -0.2) is 42.5 Å². The highest BCUT2D eigenvalue weighted by molar-refractivity contribution is 7.99. The van der Waals surface area contributed by atoms with Crippen molar-refractivity contribution in [3.05, 3.63) is 0 Å². The van der Waals surface area contributed by atoms with Gasteiger partial charge in [-0.1, -0.05) is 0 Å². The molecule has 2 heterocycles. The Hall–Kier alpha value is 0.230. The van der Waals surface area contributed by atoms with E-state index in [1.165, 1.54) is 12.2 Å². The van der Waals surface area contributed by atoms with Crippen molar-refractivity contribution in [2.75, 3.05) is 25.2 Å². The van der Waals surface area contributed by atoms with E-state index in [9.17, 15) is 0 Å². The maximum absolute atomic E-state index is 6.40. The Bertz CT molecular complexity index is 264. The zero-order valence-electron chi connectivity index (χ0n) is 11.2. The lowest BCUT2D eigenvalue weighted by molar-refractivity contribution is -0.103. The van der Waals surface area contributed by atoms with Gasteiger partial charge in [-0.3, -0.25) is 0 Å². The fourth-order valence-electron chi connectivity index (χ4n) is 2.94. The molecular formula is C13H25NO2S. The summed E-state index contributed by atoms with van der Waals surface area (Å²) in [5.74, 6) is 2.90. The monoisotopic (exact) mass is 259 g/mol. The van der Waals surface area contributed by atoms with Crippen LogP contribution in [0.25, 0.3) is 0 Å². The molecule has 2 saturated heterocycles. The predicted octanol–water partition coefficient (Wildman–Crippen LogP) is 2.04. The van der Waals surface area contributed by atoms with Gasteiger partial charge in [-0.05, 0) is 44.8 Å². The Kier molecular flexibility index (Phi) is 4.08. The number of thioether (sulfide) groups is 1. The lowest BCUT2D eigenvalue weighted by Gasteiger charge is -2.43. The van der Waals surface area contributed by atoms with Crippen molar-refractivity contribution in [1.82, 2.24) is 0 Å². The maximum atomic E-state index is 6.40. The van der Waals surface area contributed by atoms with Crippen LogP contribution in [0, 0.1) is 5.92 Å². The molecule has 2 N–H and O–H groups in total. The van der Waals surface area contributed by atoms with Gasteiger partial charge in [-0.25, -0.2) is 0 Å². The number of rotatable bonds is 3. The first-order valence-electron chi connectivity index (χ1n) is 6.52. The third-order valence-corrected chi connectivity index (χ3v) is 5.66. The first-order chi connectivity index (χ1) is 7.99. The van der Waals surface area contributed by atoms with Crippen molar-refractivity contribution in [2.24, 2.45) is 11.7 Å². The van der Waals surface area contributed by atoms with Gasteiger partial charge in [0.15, 0.2) is 0 Å². The lowest BCUT2D eigenvalue weighted by atomic mass is 9.76. The van der Waals surface area contributed by atoms with Crippen LogP contribution in [-0.2, 0) is 9.47 Å². The van der Waals surface area contributed by atoms with Crippen molar-refractivity contribution >= 4 is 11.8 Å². The Morgan fingerprint density at radius 3 is 2.88 bits per heavy atom. The van der Waals surface area contributed by atoms with E-state index in [1.807, 2.05) is 11.8 Å². The van der Waals surface area contributed by atoms with Crippen molar-refractivity contribution in [3.63, 3.8) is 0 Å². The Balaban J connectivity index is 2.02. The Morgan fingerprint density at radius 2 is 2.29 bits per heavy atom. The van der Waals surface area contributed by atoms with Crippen molar-refractivity contribution < 1.29 is 9.47 Å². The van der Waals surface area contributed by atoms with Crippen LogP contribution < -0.4 is 5.73 Å². The van der Waals surface area contributed by atoms with Crippen LogP contribution in [0.4, 0.5) is 0 Å². The van der Waals surface area contributed by atoms with Gasteiger partial charge in [0.1, 0.15) is 0 Å². The fourth-order valence-corrected chi connectivity index (χ4v) is 4.32. The van der Waals surface area contributed by atoms with E-state index in [-0.39, 0.29) is 17.2 Å². The minimum absolute atomic E-state index is 0.0962. The summed E-state index contributed by atoms with van der Waals surface area (Å²) in [5.41, 5.74) is 6.28. The van der Waals surface area contributed by atoms with Crippen LogP contribution in [0.3, 0.4) is 0 Å². The van der Waals surface area contributed by atoms with Crippen molar-refractivity contribution in [2.45, 2.75) is 50.4 Å². The third kappa shape index (κ3) is 2.80. The number of hydrogen-bond donors (Lipinski definition) is 1. The molecule has 0 radical (unpaired) electrons. The van der Waals surface area contributed by atoms with Gasteiger partial charge >= 0.3 is 0 Å². The fraction of sp³-hybridized carbons (Fsp3) is 1.00. The highest BCUT2D eigenvalue weighted by atomic mass is 32.2. The van der Waals surface area contributed by atoms with Gasteiger partial charge in [0.2, 0.25) is 0 Å². The first kappa shape index (κ1) is 13.7. The molecule has 1 spiro atoms. The molecule has 0 aromatic heterocycles. The molecule has 0 bridgehead atoms. The second-order valence-electron chi connectivity index (χ2n) is 5.92. The summed E-state index contributed by atoms with van der Waals surface area (Å²) in [6, 6.07) is 0.0962. The van der Waals surface area contributed by atoms with Crippen LogP contribution in [0.2, 0.25) is 0 Å². The van der Waals surface area contributed by atoms with E-state index in [0.29, 0.717) is 5.92 Å². The van der Waals surface area contributed by atoms with Gasteiger partial charge in [-0.2, -0.15) is 11.8 Å². The normalized spacial score (nSPS) is 36.4. The van der Waals surface area contributed by atoms with Gasteiger partial charge in [0, 0.05) is 25.5 Å². The van der Waals surface area contributed by atoms with Crippen LogP contribution in [0.15, 0.2) is 0 Å². The maximum Gasteiger partial charge on any atom is 0.0783 e. The average molecular weight is 259 g/mol. The molecule has 3 nitrogen and oxygen atoms in total. The van der Waals surface area contributed by atoms with Crippen LogP contribution in [0.5, 0.6) is 0 Å². The summed E-state index contributed by atoms with van der Waals surface area (Å²) in [7, 11) is 1.75. The lowest BCUT2D eigenvalue weighted by Crippen LogP contribution is -2.54. The molecule has 17 heavy (non-hydrogen) atoms. The number of nitrogens with two attached hydrogens (primary N) is 1. The minimum Gasteiger partial charge on any atom is -0.377 e. The van der Waals surface area contributed by atoms with E-state index < -0.39 is 0 Å². The minimum atomic E-state index is -0.241. The van der Waals surface area contributed by atoms with Gasteiger partial charge < -0.3 is 15.2 Å². The third-order valence-electron chi connectivity index (χ3n) is 4.43. The standard InChI is InChI=1S/C13H25NO2S/c1-12(2,15-3)11(14)10-4-6-16-13(8-10)5-7-17-9-13/h10-11H,4-9,14H2,1-3H3. The molecule has 2 aliphatic rings. The molecule has 2 aliphatic heterocycles. The molecule has 2 fully saturated rings. The molecule has 0 amide bonds. The molecular weight excluding hydrogens is 234 g/mol. The zero-order chi connectivity index (χ0) is 12.5. The van der Waals surface area contributed by atoms with Gasteiger partial charge in [0.05, 0.1) is 11.2 Å². The molecule has 0 aromatic carbocycles. The van der Waals surface area contributed by atoms with Crippen molar-refractivity contribution in [1.29, 1.82) is 0 Å². The molecule has 100 valence electrons. The Morgan fingerprint density at radius 1 is 1.53 bits per heavy atom. The molecule has 3 unspecified atom stereocenters. The van der Waals surface area contributed by atoms with Gasteiger partial charge in [0.25, 0.3) is 0 Å². The summed E-state index contributed by atoms with van der Waals surface area (Å²) in [5, 5.41) is 0. The molecule has 4 heteroatoms. The molecule has 0 aliphatic carbocycles. The largest absolute Gasteiger partial charge is 0.377 e. The smallest absolute Gasteiger partial charge is 0.0783 e. The number of methoxy groups -OCH3 is 1. The second-order valence-corrected chi connectivity index (χ2v) is 7.03. The Labute approximate surface area is 109 Å². The van der Waals surface area contributed by atoms with E-state index in [4.69, 9.17) is 15.2 Å².